The van der Waals surface area contributed by atoms with E-state index in [0.717, 1.165) is 31.6 Å². The Labute approximate surface area is 207 Å². The Hall–Kier alpha value is -2.77. The molecule has 2 aromatic carbocycles. The summed E-state index contributed by atoms with van der Waals surface area (Å²) < 4.78 is 11.4. The molecule has 0 radical (unpaired) electrons. The summed E-state index contributed by atoms with van der Waals surface area (Å²) in [6.07, 6.45) is 0.830. The average molecular weight is 488 g/mol. The van der Waals surface area contributed by atoms with Gasteiger partial charge < -0.3 is 19.3 Å². The van der Waals surface area contributed by atoms with Gasteiger partial charge in [0.2, 0.25) is 5.91 Å². The number of rotatable bonds is 9. The highest BCUT2D eigenvalue weighted by atomic mass is 35.5. The van der Waals surface area contributed by atoms with Gasteiger partial charge in [0.1, 0.15) is 6.61 Å². The molecule has 1 aliphatic rings. The highest BCUT2D eigenvalue weighted by Crippen LogP contribution is 2.29. The molecule has 0 aliphatic carbocycles. The third kappa shape index (κ3) is 6.87. The Morgan fingerprint density at radius 3 is 2.38 bits per heavy atom. The van der Waals surface area contributed by atoms with Crippen molar-refractivity contribution >= 4 is 23.4 Å². The smallest absolute Gasteiger partial charge is 0.254 e. The van der Waals surface area contributed by atoms with Crippen LogP contribution in [0.3, 0.4) is 0 Å². The molecule has 3 rings (SSSR count). The number of halogens is 1. The van der Waals surface area contributed by atoms with Crippen molar-refractivity contribution in [2.45, 2.75) is 26.9 Å². The van der Waals surface area contributed by atoms with Crippen LogP contribution in [0.2, 0.25) is 5.02 Å². The Kier molecular flexibility index (Phi) is 9.60. The first-order valence-electron chi connectivity index (χ1n) is 11.8. The van der Waals surface area contributed by atoms with Crippen molar-refractivity contribution in [1.29, 1.82) is 0 Å². The monoisotopic (exact) mass is 487 g/mol. The van der Waals surface area contributed by atoms with Crippen LogP contribution in [-0.2, 0) is 11.4 Å². The van der Waals surface area contributed by atoms with Crippen molar-refractivity contribution in [2.75, 3.05) is 52.9 Å². The van der Waals surface area contributed by atoms with Crippen LogP contribution in [0.4, 0.5) is 0 Å². The molecule has 1 saturated heterocycles. The molecule has 0 aromatic heterocycles. The fourth-order valence-corrected chi connectivity index (χ4v) is 4.17. The van der Waals surface area contributed by atoms with Gasteiger partial charge in [-0.2, -0.15) is 0 Å². The van der Waals surface area contributed by atoms with Gasteiger partial charge >= 0.3 is 0 Å². The molecule has 2 aromatic rings. The minimum Gasteiger partial charge on any atom is -0.493 e. The van der Waals surface area contributed by atoms with Gasteiger partial charge in [0, 0.05) is 49.9 Å². The van der Waals surface area contributed by atoms with Crippen LogP contribution in [0.15, 0.2) is 42.5 Å². The number of hydrogen-bond donors (Lipinski definition) is 0. The largest absolute Gasteiger partial charge is 0.493 e. The maximum atomic E-state index is 13.2. The number of likely N-dealkylation sites (N-methyl/N-ethyl adjacent to an activating group) is 1. The molecule has 7 nitrogen and oxygen atoms in total. The summed E-state index contributed by atoms with van der Waals surface area (Å²) >= 11 is 5.94. The molecule has 1 fully saturated rings. The van der Waals surface area contributed by atoms with Crippen LogP contribution < -0.4 is 9.47 Å². The lowest BCUT2D eigenvalue weighted by atomic mass is 10.1. The van der Waals surface area contributed by atoms with E-state index in [2.05, 4.69) is 4.90 Å². The van der Waals surface area contributed by atoms with Crippen molar-refractivity contribution in [2.24, 2.45) is 0 Å². The quantitative estimate of drug-likeness (QED) is 0.536. The standard InChI is InChI=1S/C26H34ClN3O4/c1-4-29(5-2)25(31)18-28-13-6-14-30(16-15-28)26(32)21-9-12-23(24(17-21)33-3)34-19-20-7-10-22(27)11-8-20/h7-12,17H,4-6,13-16,18-19H2,1-3H3. The van der Waals surface area contributed by atoms with Crippen LogP contribution in [0.1, 0.15) is 36.2 Å². The second-order valence-corrected chi connectivity index (χ2v) is 8.71. The molecule has 0 saturated carbocycles. The Bertz CT molecular complexity index is 963. The average Bonchev–Trinajstić information content (AvgIpc) is 3.09. The van der Waals surface area contributed by atoms with Crippen LogP contribution >= 0.6 is 11.6 Å². The normalized spacial score (nSPS) is 14.4. The number of methoxy groups -OCH3 is 1. The third-order valence-corrected chi connectivity index (χ3v) is 6.32. The Morgan fingerprint density at radius 1 is 0.971 bits per heavy atom. The number of ether oxygens (including phenoxy) is 2. The van der Waals surface area contributed by atoms with E-state index in [0.29, 0.717) is 54.9 Å². The van der Waals surface area contributed by atoms with Gasteiger partial charge in [0.15, 0.2) is 11.5 Å². The van der Waals surface area contributed by atoms with Crippen molar-refractivity contribution < 1.29 is 19.1 Å². The zero-order chi connectivity index (χ0) is 24.5. The van der Waals surface area contributed by atoms with Gasteiger partial charge in [-0.1, -0.05) is 23.7 Å². The van der Waals surface area contributed by atoms with E-state index in [1.54, 1.807) is 25.3 Å². The lowest BCUT2D eigenvalue weighted by Gasteiger charge is -2.25. The SMILES string of the molecule is CCN(CC)C(=O)CN1CCCN(C(=O)c2ccc(OCc3ccc(Cl)cc3)c(OC)c2)CC1. The topological polar surface area (TPSA) is 62.3 Å². The van der Waals surface area contributed by atoms with Crippen LogP contribution in [0.25, 0.3) is 0 Å². The molecule has 184 valence electrons. The van der Waals surface area contributed by atoms with E-state index in [4.69, 9.17) is 21.1 Å². The first-order valence-corrected chi connectivity index (χ1v) is 12.2. The maximum Gasteiger partial charge on any atom is 0.254 e. The van der Waals surface area contributed by atoms with Gasteiger partial charge in [-0.25, -0.2) is 0 Å². The summed E-state index contributed by atoms with van der Waals surface area (Å²) in [5, 5.41) is 0.677. The number of carbonyl (C=O) groups excluding carboxylic acids is 2. The Balaban J connectivity index is 1.60. The highest BCUT2D eigenvalue weighted by molar-refractivity contribution is 6.30. The molecule has 1 aliphatic heterocycles. The zero-order valence-corrected chi connectivity index (χ0v) is 21.0. The molecule has 1 heterocycles. The van der Waals surface area contributed by atoms with Gasteiger partial charge in [-0.15, -0.1) is 0 Å². The third-order valence-electron chi connectivity index (χ3n) is 6.07. The first kappa shape index (κ1) is 25.8. The molecule has 0 unspecified atom stereocenters. The van der Waals surface area contributed by atoms with Gasteiger partial charge in [0.25, 0.3) is 5.91 Å². The number of benzene rings is 2. The second kappa shape index (κ2) is 12.6. The molecular weight excluding hydrogens is 454 g/mol. The molecule has 0 N–H and O–H groups in total. The molecule has 0 bridgehead atoms. The van der Waals surface area contributed by atoms with E-state index in [9.17, 15) is 9.59 Å². The van der Waals surface area contributed by atoms with E-state index >= 15 is 0 Å². The van der Waals surface area contributed by atoms with Crippen molar-refractivity contribution in [1.82, 2.24) is 14.7 Å². The van der Waals surface area contributed by atoms with E-state index in [-0.39, 0.29) is 11.8 Å². The van der Waals surface area contributed by atoms with Crippen LogP contribution in [-0.4, -0.2) is 79.4 Å². The molecule has 34 heavy (non-hydrogen) atoms. The molecule has 0 spiro atoms. The lowest BCUT2D eigenvalue weighted by molar-refractivity contribution is -0.132. The van der Waals surface area contributed by atoms with E-state index in [1.807, 2.05) is 47.9 Å². The molecule has 0 atom stereocenters. The summed E-state index contributed by atoms with van der Waals surface area (Å²) in [4.78, 5) is 31.5. The van der Waals surface area contributed by atoms with Gasteiger partial charge in [0.05, 0.1) is 13.7 Å². The number of carbonyl (C=O) groups is 2. The summed E-state index contributed by atoms with van der Waals surface area (Å²) in [6, 6.07) is 12.7. The summed E-state index contributed by atoms with van der Waals surface area (Å²) in [5.41, 5.74) is 1.54. The van der Waals surface area contributed by atoms with Crippen molar-refractivity contribution in [3.05, 3.63) is 58.6 Å². The van der Waals surface area contributed by atoms with E-state index in [1.165, 1.54) is 0 Å². The predicted molar refractivity (Wildman–Crippen MR) is 134 cm³/mol. The van der Waals surface area contributed by atoms with Crippen molar-refractivity contribution in [3.63, 3.8) is 0 Å². The van der Waals surface area contributed by atoms with Crippen LogP contribution in [0.5, 0.6) is 11.5 Å². The molecular formula is C26H34ClN3O4. The number of nitrogens with zero attached hydrogens (tertiary/aromatic N) is 3. The highest BCUT2D eigenvalue weighted by Gasteiger charge is 2.23. The Morgan fingerprint density at radius 2 is 1.71 bits per heavy atom. The second-order valence-electron chi connectivity index (χ2n) is 8.27. The minimum absolute atomic E-state index is 0.0422. The maximum absolute atomic E-state index is 13.2. The number of amides is 2. The van der Waals surface area contributed by atoms with Gasteiger partial charge in [-0.05, 0) is 56.2 Å². The summed E-state index contributed by atoms with van der Waals surface area (Å²) in [6.45, 7) is 8.92. The number of hydrogen-bond acceptors (Lipinski definition) is 5. The molecule has 8 heteroatoms. The first-order chi connectivity index (χ1) is 16.4. The predicted octanol–water partition coefficient (Wildman–Crippen LogP) is 3.94. The fourth-order valence-electron chi connectivity index (χ4n) is 4.04. The fraction of sp³-hybridized carbons (Fsp3) is 0.462. The lowest BCUT2D eigenvalue weighted by Crippen LogP contribution is -2.42. The summed E-state index contributed by atoms with van der Waals surface area (Å²) in [7, 11) is 1.56. The minimum atomic E-state index is -0.0422. The molecule has 2 amide bonds. The van der Waals surface area contributed by atoms with E-state index < -0.39 is 0 Å². The van der Waals surface area contributed by atoms with Crippen molar-refractivity contribution in [3.8, 4) is 11.5 Å². The summed E-state index contributed by atoms with van der Waals surface area (Å²) in [5.74, 6) is 1.19. The van der Waals surface area contributed by atoms with Gasteiger partial charge in [-0.3, -0.25) is 14.5 Å². The zero-order valence-electron chi connectivity index (χ0n) is 20.3. The van der Waals surface area contributed by atoms with Crippen LogP contribution in [0, 0.1) is 0 Å².